The molecule has 1 aliphatic heterocycles. The van der Waals surface area contributed by atoms with Crippen LogP contribution in [-0.2, 0) is 14.3 Å². The molecule has 0 radical (unpaired) electrons. The first kappa shape index (κ1) is 19.8. The number of benzene rings is 1. The van der Waals surface area contributed by atoms with Crippen LogP contribution in [0.15, 0.2) is 34.7 Å². The molecule has 28 heavy (non-hydrogen) atoms. The van der Waals surface area contributed by atoms with Crippen molar-refractivity contribution in [3.63, 3.8) is 0 Å². The third-order valence-electron chi connectivity index (χ3n) is 5.20. The molecule has 0 spiro atoms. The van der Waals surface area contributed by atoms with Crippen LogP contribution >= 0.6 is 0 Å². The van der Waals surface area contributed by atoms with Crippen LogP contribution in [0, 0.1) is 0 Å². The van der Waals surface area contributed by atoms with Crippen molar-refractivity contribution in [2.45, 2.75) is 32.1 Å². The van der Waals surface area contributed by atoms with E-state index < -0.39 is 11.9 Å². The van der Waals surface area contributed by atoms with Crippen LogP contribution in [-0.4, -0.2) is 40.2 Å². The van der Waals surface area contributed by atoms with Crippen molar-refractivity contribution in [2.75, 3.05) is 28.4 Å². The van der Waals surface area contributed by atoms with E-state index in [2.05, 4.69) is 5.32 Å². The lowest BCUT2D eigenvalue weighted by Gasteiger charge is -2.34. The fourth-order valence-electron chi connectivity index (χ4n) is 3.97. The van der Waals surface area contributed by atoms with Gasteiger partial charge in [0.2, 0.25) is 5.75 Å². The molecule has 3 rings (SSSR count). The van der Waals surface area contributed by atoms with Gasteiger partial charge in [0.25, 0.3) is 0 Å². The van der Waals surface area contributed by atoms with Crippen LogP contribution in [0.3, 0.4) is 0 Å². The predicted octanol–water partition coefficient (Wildman–Crippen LogP) is 2.85. The second-order valence-electron chi connectivity index (χ2n) is 6.72. The van der Waals surface area contributed by atoms with Gasteiger partial charge in [0.15, 0.2) is 17.3 Å². The summed E-state index contributed by atoms with van der Waals surface area (Å²) in [4.78, 5) is 25.5. The van der Waals surface area contributed by atoms with E-state index in [1.165, 1.54) is 28.4 Å². The van der Waals surface area contributed by atoms with E-state index in [0.717, 1.165) is 18.5 Å². The Bertz CT molecular complexity index is 858. The third kappa shape index (κ3) is 3.21. The van der Waals surface area contributed by atoms with Gasteiger partial charge in [-0.15, -0.1) is 0 Å². The summed E-state index contributed by atoms with van der Waals surface area (Å²) < 4.78 is 21.4. The molecule has 1 N–H and O–H groups in total. The average molecular weight is 387 g/mol. The van der Waals surface area contributed by atoms with Gasteiger partial charge in [-0.3, -0.25) is 4.79 Å². The molecular weight excluding hydrogens is 362 g/mol. The van der Waals surface area contributed by atoms with Crippen LogP contribution in [0.25, 0.3) is 0 Å². The van der Waals surface area contributed by atoms with E-state index in [0.29, 0.717) is 46.1 Å². The number of allylic oxidation sites excluding steroid dienone is 3. The minimum Gasteiger partial charge on any atom is -0.493 e. The first-order valence-electron chi connectivity index (χ1n) is 9.09. The van der Waals surface area contributed by atoms with Gasteiger partial charge in [-0.1, -0.05) is 0 Å². The number of ketones is 1. The average Bonchev–Trinajstić information content (AvgIpc) is 2.71. The SMILES string of the molecule is COC(=O)C1=C(C)NC2=C(C(=O)CCC2)[C@H]1c1cc(OC)c(OC)c(OC)c1. The molecule has 1 aromatic rings. The second kappa shape index (κ2) is 7.96. The molecular formula is C21H25NO6. The van der Waals surface area contributed by atoms with E-state index >= 15 is 0 Å². The summed E-state index contributed by atoms with van der Waals surface area (Å²) in [5.74, 6) is 0.359. The number of methoxy groups -OCH3 is 4. The van der Waals surface area contributed by atoms with Crippen LogP contribution in [0.4, 0.5) is 0 Å². The van der Waals surface area contributed by atoms with Crippen LogP contribution in [0.2, 0.25) is 0 Å². The summed E-state index contributed by atoms with van der Waals surface area (Å²) in [5, 5.41) is 3.24. The highest BCUT2D eigenvalue weighted by molar-refractivity contribution is 6.03. The Labute approximate surface area is 164 Å². The van der Waals surface area contributed by atoms with Gasteiger partial charge >= 0.3 is 5.97 Å². The molecule has 0 saturated heterocycles. The Morgan fingerprint density at radius 1 is 1.04 bits per heavy atom. The summed E-state index contributed by atoms with van der Waals surface area (Å²) >= 11 is 0. The minimum atomic E-state index is -0.565. The molecule has 1 aliphatic carbocycles. The van der Waals surface area contributed by atoms with Crippen LogP contribution < -0.4 is 19.5 Å². The predicted molar refractivity (Wildman–Crippen MR) is 103 cm³/mol. The van der Waals surface area contributed by atoms with Crippen molar-refractivity contribution in [1.82, 2.24) is 5.32 Å². The van der Waals surface area contributed by atoms with E-state index in [-0.39, 0.29) is 5.78 Å². The molecule has 1 atom stereocenters. The summed E-state index contributed by atoms with van der Waals surface area (Å²) in [7, 11) is 5.92. The van der Waals surface area contributed by atoms with Gasteiger partial charge < -0.3 is 24.3 Å². The normalized spacial score (nSPS) is 19.0. The van der Waals surface area contributed by atoms with E-state index in [1.807, 2.05) is 6.92 Å². The maximum Gasteiger partial charge on any atom is 0.336 e. The lowest BCUT2D eigenvalue weighted by Crippen LogP contribution is -2.34. The van der Waals surface area contributed by atoms with Gasteiger partial charge in [0.1, 0.15) is 0 Å². The van der Waals surface area contributed by atoms with Gasteiger partial charge in [0.05, 0.1) is 34.0 Å². The molecule has 0 aromatic heterocycles. The van der Waals surface area contributed by atoms with Gasteiger partial charge in [-0.25, -0.2) is 4.79 Å². The minimum absolute atomic E-state index is 0.0291. The number of nitrogens with one attached hydrogen (secondary N) is 1. The maximum atomic E-state index is 12.8. The number of esters is 1. The van der Waals surface area contributed by atoms with Gasteiger partial charge in [-0.05, 0) is 37.5 Å². The van der Waals surface area contributed by atoms with E-state index in [9.17, 15) is 9.59 Å². The van der Waals surface area contributed by atoms with Crippen molar-refractivity contribution in [3.05, 3.63) is 40.2 Å². The Balaban J connectivity index is 2.27. The van der Waals surface area contributed by atoms with E-state index in [4.69, 9.17) is 18.9 Å². The van der Waals surface area contributed by atoms with Crippen molar-refractivity contribution < 1.29 is 28.5 Å². The van der Waals surface area contributed by atoms with Crippen molar-refractivity contribution in [1.29, 1.82) is 0 Å². The summed E-state index contributed by atoms with van der Waals surface area (Å²) in [6.45, 7) is 1.82. The van der Waals surface area contributed by atoms with Crippen molar-refractivity contribution in [2.24, 2.45) is 0 Å². The zero-order valence-corrected chi connectivity index (χ0v) is 16.8. The maximum absolute atomic E-state index is 12.8. The standard InChI is InChI=1S/C21H25NO6/c1-11-17(21(24)28-5)18(19-13(22-11)7-6-8-14(19)23)12-9-15(25-2)20(27-4)16(10-12)26-3/h9-10,18,22H,6-8H2,1-5H3/t18-/m0/s1. The van der Waals surface area contributed by atoms with E-state index in [1.54, 1.807) is 12.1 Å². The number of carbonyl (C=O) groups is 2. The zero-order valence-electron chi connectivity index (χ0n) is 16.8. The number of Topliss-reactive ketones (excluding diaryl/α,β-unsaturated/α-hetero) is 1. The fourth-order valence-corrected chi connectivity index (χ4v) is 3.97. The Morgan fingerprint density at radius 3 is 2.21 bits per heavy atom. The number of hydrogen-bond donors (Lipinski definition) is 1. The molecule has 150 valence electrons. The topological polar surface area (TPSA) is 83.1 Å². The van der Waals surface area contributed by atoms with Crippen LogP contribution in [0.1, 0.15) is 37.7 Å². The smallest absolute Gasteiger partial charge is 0.336 e. The molecule has 0 unspecified atom stereocenters. The van der Waals surface area contributed by atoms with Gasteiger partial charge in [0, 0.05) is 29.3 Å². The quantitative estimate of drug-likeness (QED) is 0.778. The summed E-state index contributed by atoms with van der Waals surface area (Å²) in [5.41, 5.74) is 3.26. The molecule has 0 bridgehead atoms. The largest absolute Gasteiger partial charge is 0.493 e. The summed E-state index contributed by atoms with van der Waals surface area (Å²) in [6, 6.07) is 3.56. The zero-order chi connectivity index (χ0) is 20.4. The number of hydrogen-bond acceptors (Lipinski definition) is 7. The van der Waals surface area contributed by atoms with Crippen LogP contribution in [0.5, 0.6) is 17.2 Å². The molecule has 0 saturated carbocycles. The molecule has 0 amide bonds. The highest BCUT2D eigenvalue weighted by atomic mass is 16.5. The van der Waals surface area contributed by atoms with Crippen molar-refractivity contribution in [3.8, 4) is 17.2 Å². The monoisotopic (exact) mass is 387 g/mol. The third-order valence-corrected chi connectivity index (χ3v) is 5.20. The molecule has 0 fully saturated rings. The van der Waals surface area contributed by atoms with Gasteiger partial charge in [-0.2, -0.15) is 0 Å². The van der Waals surface area contributed by atoms with Crippen molar-refractivity contribution >= 4 is 11.8 Å². The highest BCUT2D eigenvalue weighted by Gasteiger charge is 2.39. The number of ether oxygens (including phenoxy) is 4. The Kier molecular flexibility index (Phi) is 5.63. The molecule has 2 aliphatic rings. The molecule has 7 nitrogen and oxygen atoms in total. The lowest BCUT2D eigenvalue weighted by molar-refractivity contribution is -0.136. The first-order valence-corrected chi connectivity index (χ1v) is 9.09. The molecule has 1 aromatic carbocycles. The highest BCUT2D eigenvalue weighted by Crippen LogP contribution is 2.47. The second-order valence-corrected chi connectivity index (χ2v) is 6.72. The number of carbonyl (C=O) groups excluding carboxylic acids is 2. The molecule has 1 heterocycles. The number of dihydropyridines is 1. The summed E-state index contributed by atoms with van der Waals surface area (Å²) in [6.07, 6.45) is 2.00. The molecule has 7 heteroatoms. The Morgan fingerprint density at radius 2 is 1.68 bits per heavy atom. The number of rotatable bonds is 5. The Hall–Kier alpha value is -2.96. The fraction of sp³-hybridized carbons (Fsp3) is 0.429. The first-order chi connectivity index (χ1) is 13.5. The lowest BCUT2D eigenvalue weighted by atomic mass is 9.75.